The first-order valence-corrected chi connectivity index (χ1v) is 6.27. The zero-order valence-corrected chi connectivity index (χ0v) is 10.5. The summed E-state index contributed by atoms with van der Waals surface area (Å²) in [5, 5.41) is 8.62. The van der Waals surface area contributed by atoms with Crippen LogP contribution in [0.1, 0.15) is 32.1 Å². The van der Waals surface area contributed by atoms with E-state index in [1.807, 2.05) is 4.90 Å². The highest BCUT2D eigenvalue weighted by Gasteiger charge is 2.17. The number of carbonyl (C=O) groups excluding carboxylic acids is 1. The molecule has 0 bridgehead atoms. The van der Waals surface area contributed by atoms with Crippen molar-refractivity contribution in [3.05, 3.63) is 0 Å². The molecule has 5 heteroatoms. The lowest BCUT2D eigenvalue weighted by molar-refractivity contribution is -0.139. The summed E-state index contributed by atoms with van der Waals surface area (Å²) in [6, 6.07) is 0. The summed E-state index contributed by atoms with van der Waals surface area (Å²) in [4.78, 5) is 25.9. The van der Waals surface area contributed by atoms with Crippen LogP contribution in [0.3, 0.4) is 0 Å². The van der Waals surface area contributed by atoms with Gasteiger partial charge in [-0.2, -0.15) is 0 Å². The molecule has 1 fully saturated rings. The van der Waals surface area contributed by atoms with Gasteiger partial charge in [0.1, 0.15) is 0 Å². The van der Waals surface area contributed by atoms with Crippen LogP contribution in [0.25, 0.3) is 0 Å². The number of carboxylic acid groups (broad SMARTS) is 1. The van der Waals surface area contributed by atoms with Crippen molar-refractivity contribution < 1.29 is 14.7 Å². The van der Waals surface area contributed by atoms with Crippen LogP contribution in [0.15, 0.2) is 0 Å². The summed E-state index contributed by atoms with van der Waals surface area (Å²) < 4.78 is 0. The highest BCUT2D eigenvalue weighted by Crippen LogP contribution is 2.10. The van der Waals surface area contributed by atoms with Crippen LogP contribution in [-0.4, -0.2) is 60.0 Å². The van der Waals surface area contributed by atoms with Crippen molar-refractivity contribution in [1.82, 2.24) is 9.80 Å². The molecular formula is C12H22N2O3. The molecule has 0 aromatic rings. The van der Waals surface area contributed by atoms with Crippen molar-refractivity contribution in [2.75, 3.05) is 33.2 Å². The molecule has 0 unspecified atom stereocenters. The van der Waals surface area contributed by atoms with Gasteiger partial charge in [0.25, 0.3) is 0 Å². The zero-order chi connectivity index (χ0) is 12.7. The van der Waals surface area contributed by atoms with Crippen LogP contribution in [-0.2, 0) is 9.59 Å². The van der Waals surface area contributed by atoms with Crippen LogP contribution < -0.4 is 0 Å². The van der Waals surface area contributed by atoms with Gasteiger partial charge in [0.05, 0.1) is 13.1 Å². The van der Waals surface area contributed by atoms with Crippen LogP contribution >= 0.6 is 0 Å². The van der Waals surface area contributed by atoms with Gasteiger partial charge in [-0.05, 0) is 19.9 Å². The van der Waals surface area contributed by atoms with E-state index in [4.69, 9.17) is 5.11 Å². The Labute approximate surface area is 102 Å². The van der Waals surface area contributed by atoms with E-state index in [1.165, 1.54) is 19.3 Å². The van der Waals surface area contributed by atoms with Gasteiger partial charge in [0.2, 0.25) is 5.91 Å². The number of likely N-dealkylation sites (tertiary alicyclic amines) is 1. The Balaban J connectivity index is 2.36. The third kappa shape index (κ3) is 5.68. The van der Waals surface area contributed by atoms with E-state index in [-0.39, 0.29) is 19.0 Å². The smallest absolute Gasteiger partial charge is 0.317 e. The number of rotatable bonds is 4. The second-order valence-electron chi connectivity index (χ2n) is 4.71. The molecule has 0 saturated carbocycles. The Morgan fingerprint density at radius 3 is 2.12 bits per heavy atom. The normalized spacial score (nSPS) is 17.6. The summed E-state index contributed by atoms with van der Waals surface area (Å²) in [5.74, 6) is -0.844. The van der Waals surface area contributed by atoms with Crippen molar-refractivity contribution in [3.8, 4) is 0 Å². The van der Waals surface area contributed by atoms with Crippen molar-refractivity contribution in [2.24, 2.45) is 0 Å². The predicted molar refractivity (Wildman–Crippen MR) is 64.8 cm³/mol. The van der Waals surface area contributed by atoms with Gasteiger partial charge < -0.3 is 10.0 Å². The third-order valence-corrected chi connectivity index (χ3v) is 3.02. The van der Waals surface area contributed by atoms with E-state index in [9.17, 15) is 9.59 Å². The van der Waals surface area contributed by atoms with Gasteiger partial charge in [-0.1, -0.05) is 19.3 Å². The Bertz CT molecular complexity index is 260. The fraction of sp³-hybridized carbons (Fsp3) is 0.833. The molecule has 1 aliphatic heterocycles. The Morgan fingerprint density at radius 1 is 1.06 bits per heavy atom. The molecule has 0 aromatic heterocycles. The standard InChI is InChI=1S/C12H22N2O3/c1-13(10-12(16)17)9-11(15)14-7-5-3-2-4-6-8-14/h2-10H2,1H3,(H,16,17). The molecule has 5 nitrogen and oxygen atoms in total. The second-order valence-corrected chi connectivity index (χ2v) is 4.71. The maximum absolute atomic E-state index is 11.9. The lowest BCUT2D eigenvalue weighted by atomic mass is 10.1. The van der Waals surface area contributed by atoms with Crippen LogP contribution in [0, 0.1) is 0 Å². The minimum Gasteiger partial charge on any atom is -0.480 e. The zero-order valence-electron chi connectivity index (χ0n) is 10.5. The molecule has 1 N–H and O–H groups in total. The third-order valence-electron chi connectivity index (χ3n) is 3.02. The Kier molecular flexibility index (Phi) is 5.97. The van der Waals surface area contributed by atoms with Crippen molar-refractivity contribution in [1.29, 1.82) is 0 Å². The number of hydrogen-bond donors (Lipinski definition) is 1. The summed E-state index contributed by atoms with van der Waals surface area (Å²) in [7, 11) is 1.66. The highest BCUT2D eigenvalue weighted by molar-refractivity contribution is 5.79. The van der Waals surface area contributed by atoms with Crippen molar-refractivity contribution >= 4 is 11.9 Å². The molecule has 1 amide bonds. The van der Waals surface area contributed by atoms with E-state index in [2.05, 4.69) is 0 Å². The maximum atomic E-state index is 11.9. The van der Waals surface area contributed by atoms with Crippen LogP contribution in [0.4, 0.5) is 0 Å². The molecule has 98 valence electrons. The predicted octanol–water partition coefficient (Wildman–Crippen LogP) is 0.795. The molecule has 0 atom stereocenters. The largest absolute Gasteiger partial charge is 0.480 e. The van der Waals surface area contributed by atoms with E-state index in [0.29, 0.717) is 0 Å². The minimum absolute atomic E-state index is 0.0515. The molecule has 0 radical (unpaired) electrons. The fourth-order valence-corrected chi connectivity index (χ4v) is 2.11. The number of aliphatic carboxylic acids is 1. The summed E-state index contributed by atoms with van der Waals surface area (Å²) in [5.41, 5.74) is 0. The SMILES string of the molecule is CN(CC(=O)O)CC(=O)N1CCCCCCC1. The number of hydrogen-bond acceptors (Lipinski definition) is 3. The first kappa shape index (κ1) is 14.0. The number of nitrogens with zero attached hydrogens (tertiary/aromatic N) is 2. The molecule has 1 aliphatic rings. The first-order chi connectivity index (χ1) is 8.09. The van der Waals surface area contributed by atoms with Crippen LogP contribution in [0.5, 0.6) is 0 Å². The van der Waals surface area contributed by atoms with Gasteiger partial charge in [0.15, 0.2) is 0 Å². The van der Waals surface area contributed by atoms with Gasteiger partial charge >= 0.3 is 5.97 Å². The number of carboxylic acids is 1. The quantitative estimate of drug-likeness (QED) is 0.792. The van der Waals surface area contributed by atoms with E-state index in [1.54, 1.807) is 11.9 Å². The lowest BCUT2D eigenvalue weighted by Crippen LogP contribution is -2.41. The summed E-state index contributed by atoms with van der Waals surface area (Å²) in [6.07, 6.45) is 5.77. The summed E-state index contributed by atoms with van der Waals surface area (Å²) in [6.45, 7) is 1.76. The molecule has 1 saturated heterocycles. The van der Waals surface area contributed by atoms with E-state index >= 15 is 0 Å². The van der Waals surface area contributed by atoms with Gasteiger partial charge in [-0.3, -0.25) is 14.5 Å². The van der Waals surface area contributed by atoms with Gasteiger partial charge in [-0.25, -0.2) is 0 Å². The Hall–Kier alpha value is -1.10. The van der Waals surface area contributed by atoms with Crippen molar-refractivity contribution in [2.45, 2.75) is 32.1 Å². The molecular weight excluding hydrogens is 220 g/mol. The number of carbonyl (C=O) groups is 2. The second kappa shape index (κ2) is 7.27. The first-order valence-electron chi connectivity index (χ1n) is 6.27. The molecule has 1 rings (SSSR count). The minimum atomic E-state index is -0.895. The van der Waals surface area contributed by atoms with E-state index in [0.717, 1.165) is 25.9 Å². The molecule has 17 heavy (non-hydrogen) atoms. The highest BCUT2D eigenvalue weighted by atomic mass is 16.4. The van der Waals surface area contributed by atoms with Crippen molar-refractivity contribution in [3.63, 3.8) is 0 Å². The average molecular weight is 242 g/mol. The molecule has 0 aromatic carbocycles. The topological polar surface area (TPSA) is 60.9 Å². The van der Waals surface area contributed by atoms with Gasteiger partial charge in [-0.15, -0.1) is 0 Å². The fourth-order valence-electron chi connectivity index (χ4n) is 2.11. The molecule has 1 heterocycles. The van der Waals surface area contributed by atoms with E-state index < -0.39 is 5.97 Å². The van der Waals surface area contributed by atoms with Gasteiger partial charge in [0, 0.05) is 13.1 Å². The Morgan fingerprint density at radius 2 is 1.59 bits per heavy atom. The lowest BCUT2D eigenvalue weighted by Gasteiger charge is -2.26. The summed E-state index contributed by atoms with van der Waals surface area (Å²) >= 11 is 0. The monoisotopic (exact) mass is 242 g/mol. The van der Waals surface area contributed by atoms with Crippen LogP contribution in [0.2, 0.25) is 0 Å². The number of amides is 1. The molecule has 0 aliphatic carbocycles. The number of likely N-dealkylation sites (N-methyl/N-ethyl adjacent to an activating group) is 1. The molecule has 0 spiro atoms. The average Bonchev–Trinajstić information content (AvgIpc) is 2.14. The maximum Gasteiger partial charge on any atom is 0.317 e.